The number of aryl methyl sites for hydroxylation is 2. The van der Waals surface area contributed by atoms with Gasteiger partial charge in [-0.3, -0.25) is 0 Å². The van der Waals surface area contributed by atoms with E-state index in [9.17, 15) is 4.79 Å². The molecule has 0 spiro atoms. The molecular weight excluding hydrogens is 376 g/mol. The zero-order valence-electron chi connectivity index (χ0n) is 17.7. The number of likely N-dealkylation sites (tertiary alicyclic amines) is 1. The van der Waals surface area contributed by atoms with Crippen LogP contribution in [0, 0.1) is 13.8 Å². The van der Waals surface area contributed by atoms with E-state index in [4.69, 9.17) is 4.74 Å². The lowest BCUT2D eigenvalue weighted by molar-refractivity contribution is 0.137. The smallest absolute Gasteiger partial charge is 0.320 e. The van der Waals surface area contributed by atoms with E-state index < -0.39 is 0 Å². The summed E-state index contributed by atoms with van der Waals surface area (Å²) < 4.78 is 6.08. The molecule has 0 unspecified atom stereocenters. The van der Waals surface area contributed by atoms with Crippen molar-refractivity contribution in [2.24, 2.45) is 0 Å². The Labute approximate surface area is 176 Å². The second-order valence-electron chi connectivity index (χ2n) is 8.44. The number of ether oxygens (including phenoxy) is 1. The predicted molar refractivity (Wildman–Crippen MR) is 118 cm³/mol. The lowest BCUT2D eigenvalue weighted by Gasteiger charge is -2.32. The molecule has 0 saturated carbocycles. The number of carbonyl (C=O) groups is 1. The first-order valence-electron chi connectivity index (χ1n) is 10.9. The third kappa shape index (κ3) is 3.51. The Bertz CT molecular complexity index is 1100. The van der Waals surface area contributed by atoms with Crippen LogP contribution in [-0.2, 0) is 6.54 Å². The molecule has 1 saturated heterocycles. The topological polar surface area (TPSA) is 61.5 Å². The van der Waals surface area contributed by atoms with Crippen molar-refractivity contribution < 1.29 is 9.53 Å². The van der Waals surface area contributed by atoms with Crippen LogP contribution in [0.2, 0.25) is 0 Å². The van der Waals surface area contributed by atoms with Crippen LogP contribution in [0.5, 0.6) is 5.75 Å². The highest BCUT2D eigenvalue weighted by molar-refractivity contribution is 5.82. The van der Waals surface area contributed by atoms with Gasteiger partial charge < -0.3 is 19.5 Å². The van der Waals surface area contributed by atoms with Crippen LogP contribution in [0.3, 0.4) is 0 Å². The van der Waals surface area contributed by atoms with E-state index in [-0.39, 0.29) is 6.03 Å². The molecule has 0 atom stereocenters. The molecule has 3 aromatic rings. The van der Waals surface area contributed by atoms with Crippen molar-refractivity contribution in [1.82, 2.24) is 19.8 Å². The molecule has 6 heteroatoms. The van der Waals surface area contributed by atoms with Gasteiger partial charge in [-0.1, -0.05) is 6.07 Å². The standard InChI is InChI=1S/C24H28N4O2/c1-16-12-19(18-6-7-21-22(14-18)26-17(2)25-21)13-20-15-28(10-11-30-23(16)20)24(29)27-8-4-3-5-9-27/h6-7,12-14H,3-5,8-11,15H2,1-2H3,(H,25,26). The van der Waals surface area contributed by atoms with Crippen LogP contribution in [0.15, 0.2) is 30.3 Å². The van der Waals surface area contributed by atoms with Gasteiger partial charge in [0, 0.05) is 18.7 Å². The SMILES string of the molecule is Cc1nc2ccc(-c3cc(C)c4c(c3)CN(C(=O)N3CCCCC3)CCO4)cc2[nH]1. The first kappa shape index (κ1) is 19.0. The van der Waals surface area contributed by atoms with Gasteiger partial charge in [-0.05, 0) is 74.1 Å². The highest BCUT2D eigenvalue weighted by Gasteiger charge is 2.26. The van der Waals surface area contributed by atoms with Crippen molar-refractivity contribution in [2.45, 2.75) is 39.7 Å². The van der Waals surface area contributed by atoms with Gasteiger partial charge in [-0.15, -0.1) is 0 Å². The van der Waals surface area contributed by atoms with Gasteiger partial charge in [0.2, 0.25) is 0 Å². The Morgan fingerprint density at radius 3 is 2.67 bits per heavy atom. The number of aromatic amines is 1. The summed E-state index contributed by atoms with van der Waals surface area (Å²) in [5, 5.41) is 0. The number of fused-ring (bicyclic) bond motifs is 2. The average molecular weight is 405 g/mol. The summed E-state index contributed by atoms with van der Waals surface area (Å²) in [6.45, 7) is 7.54. The molecule has 2 amide bonds. The molecule has 2 aliphatic heterocycles. The van der Waals surface area contributed by atoms with Gasteiger partial charge >= 0.3 is 6.03 Å². The predicted octanol–water partition coefficient (Wildman–Crippen LogP) is 4.65. The minimum absolute atomic E-state index is 0.142. The fourth-order valence-electron chi connectivity index (χ4n) is 4.65. The number of H-pyrrole nitrogens is 1. The minimum Gasteiger partial charge on any atom is -0.491 e. The zero-order valence-corrected chi connectivity index (χ0v) is 17.7. The molecule has 2 aromatic carbocycles. The molecule has 30 heavy (non-hydrogen) atoms. The Morgan fingerprint density at radius 2 is 1.83 bits per heavy atom. The van der Waals surface area contributed by atoms with Crippen molar-refractivity contribution in [1.29, 1.82) is 0 Å². The summed E-state index contributed by atoms with van der Waals surface area (Å²) in [6, 6.07) is 10.8. The summed E-state index contributed by atoms with van der Waals surface area (Å²) in [7, 11) is 0. The summed E-state index contributed by atoms with van der Waals surface area (Å²) >= 11 is 0. The first-order chi connectivity index (χ1) is 14.6. The normalized spacial score (nSPS) is 16.9. The molecule has 6 nitrogen and oxygen atoms in total. The number of rotatable bonds is 1. The van der Waals surface area contributed by atoms with Gasteiger partial charge in [-0.2, -0.15) is 0 Å². The van der Waals surface area contributed by atoms with E-state index in [0.717, 1.165) is 70.8 Å². The molecule has 0 radical (unpaired) electrons. The van der Waals surface area contributed by atoms with Crippen molar-refractivity contribution in [3.05, 3.63) is 47.3 Å². The molecule has 5 rings (SSSR count). The van der Waals surface area contributed by atoms with Gasteiger partial charge in [0.05, 0.1) is 24.1 Å². The van der Waals surface area contributed by atoms with Gasteiger partial charge in [0.25, 0.3) is 0 Å². The quantitative estimate of drug-likeness (QED) is 0.642. The molecule has 1 fully saturated rings. The number of imidazole rings is 1. The second-order valence-corrected chi connectivity index (χ2v) is 8.44. The fraction of sp³-hybridized carbons (Fsp3) is 0.417. The minimum atomic E-state index is 0.142. The summed E-state index contributed by atoms with van der Waals surface area (Å²) in [5.74, 6) is 1.84. The van der Waals surface area contributed by atoms with Crippen molar-refractivity contribution in [3.8, 4) is 16.9 Å². The van der Waals surface area contributed by atoms with Crippen molar-refractivity contribution in [3.63, 3.8) is 0 Å². The number of amides is 2. The maximum Gasteiger partial charge on any atom is 0.320 e. The number of aromatic nitrogens is 2. The van der Waals surface area contributed by atoms with Gasteiger partial charge in [0.15, 0.2) is 0 Å². The zero-order chi connectivity index (χ0) is 20.7. The average Bonchev–Trinajstić information content (AvgIpc) is 2.99. The first-order valence-corrected chi connectivity index (χ1v) is 10.9. The third-order valence-corrected chi connectivity index (χ3v) is 6.15. The highest BCUT2D eigenvalue weighted by Crippen LogP contribution is 2.34. The number of benzene rings is 2. The molecule has 2 aliphatic rings. The van der Waals surface area contributed by atoms with E-state index in [1.165, 1.54) is 6.42 Å². The molecule has 0 bridgehead atoms. The van der Waals surface area contributed by atoms with Gasteiger partial charge in [0.1, 0.15) is 18.2 Å². The van der Waals surface area contributed by atoms with E-state index in [1.54, 1.807) is 0 Å². The second kappa shape index (κ2) is 7.67. The van der Waals surface area contributed by atoms with E-state index in [1.807, 2.05) is 16.7 Å². The maximum atomic E-state index is 13.1. The Kier molecular flexibility index (Phi) is 4.85. The van der Waals surface area contributed by atoms with Crippen molar-refractivity contribution in [2.75, 3.05) is 26.2 Å². The van der Waals surface area contributed by atoms with Crippen LogP contribution in [0.25, 0.3) is 22.2 Å². The molecule has 156 valence electrons. The lowest BCUT2D eigenvalue weighted by Crippen LogP contribution is -2.45. The fourth-order valence-corrected chi connectivity index (χ4v) is 4.65. The Morgan fingerprint density at radius 1 is 1.00 bits per heavy atom. The summed E-state index contributed by atoms with van der Waals surface area (Å²) in [5.41, 5.74) is 6.47. The number of nitrogens with zero attached hydrogens (tertiary/aromatic N) is 3. The Hall–Kier alpha value is -3.02. The maximum absolute atomic E-state index is 13.1. The number of hydrogen-bond acceptors (Lipinski definition) is 3. The number of piperidine rings is 1. The lowest BCUT2D eigenvalue weighted by atomic mass is 9.98. The van der Waals surface area contributed by atoms with E-state index in [2.05, 4.69) is 47.2 Å². The largest absolute Gasteiger partial charge is 0.491 e. The monoisotopic (exact) mass is 404 g/mol. The molecule has 0 aliphatic carbocycles. The van der Waals surface area contributed by atoms with E-state index >= 15 is 0 Å². The molecule has 1 aromatic heterocycles. The van der Waals surface area contributed by atoms with Crippen LogP contribution in [0.4, 0.5) is 4.79 Å². The van der Waals surface area contributed by atoms with Crippen LogP contribution in [-0.4, -0.2) is 52.0 Å². The van der Waals surface area contributed by atoms with Crippen LogP contribution in [0.1, 0.15) is 36.2 Å². The summed E-state index contributed by atoms with van der Waals surface area (Å²) in [4.78, 5) is 24.9. The number of nitrogens with one attached hydrogen (secondary N) is 1. The third-order valence-electron chi connectivity index (χ3n) is 6.15. The molecular formula is C24H28N4O2. The number of urea groups is 1. The van der Waals surface area contributed by atoms with Crippen molar-refractivity contribution >= 4 is 17.1 Å². The highest BCUT2D eigenvalue weighted by atomic mass is 16.5. The number of hydrogen-bond donors (Lipinski definition) is 1. The molecule has 1 N–H and O–H groups in total. The van der Waals surface area contributed by atoms with E-state index in [0.29, 0.717) is 19.7 Å². The Balaban J connectivity index is 1.47. The van der Waals surface area contributed by atoms with Crippen LogP contribution >= 0.6 is 0 Å². The molecule has 3 heterocycles. The number of carbonyl (C=O) groups excluding carboxylic acids is 1. The summed E-state index contributed by atoms with van der Waals surface area (Å²) in [6.07, 6.45) is 3.43. The van der Waals surface area contributed by atoms with Crippen LogP contribution < -0.4 is 4.74 Å². The van der Waals surface area contributed by atoms with Gasteiger partial charge in [-0.25, -0.2) is 9.78 Å².